The third kappa shape index (κ3) is 1.61. The van der Waals surface area contributed by atoms with Crippen LogP contribution in [-0.4, -0.2) is 18.1 Å². The Bertz CT molecular complexity index is 435. The minimum absolute atomic E-state index is 0.00405. The largest absolute Gasteiger partial charge is 0.432 e. The van der Waals surface area contributed by atoms with Crippen molar-refractivity contribution in [1.29, 1.82) is 0 Å². The fourth-order valence-electron chi connectivity index (χ4n) is 1.43. The van der Waals surface area contributed by atoms with Crippen LogP contribution in [0.3, 0.4) is 0 Å². The molecule has 5 nitrogen and oxygen atoms in total. The van der Waals surface area contributed by atoms with Gasteiger partial charge in [-0.2, -0.15) is 0 Å². The number of hydrogen-bond acceptors (Lipinski definition) is 4. The fourth-order valence-corrected chi connectivity index (χ4v) is 1.83. The standard InChI is InChI=1S/C9H6BrNO4/c10-6-3-5(4-12)9(15-6)11-7(13)1-2-8(11)14/h3-4H,1-2H2. The van der Waals surface area contributed by atoms with Crippen molar-refractivity contribution in [2.45, 2.75) is 12.8 Å². The summed E-state index contributed by atoms with van der Waals surface area (Å²) in [6, 6.07) is 1.42. The van der Waals surface area contributed by atoms with E-state index >= 15 is 0 Å². The first kappa shape index (κ1) is 10.1. The van der Waals surface area contributed by atoms with Crippen LogP contribution in [0, 0.1) is 0 Å². The number of carbonyl (C=O) groups excluding carboxylic acids is 3. The Hall–Kier alpha value is -1.43. The maximum absolute atomic E-state index is 11.4. The Labute approximate surface area is 93.2 Å². The predicted octanol–water partition coefficient (Wildman–Crippen LogP) is 1.51. The number of rotatable bonds is 2. The SMILES string of the molecule is O=Cc1cc(Br)oc1N1C(=O)CCC1=O. The molecule has 1 saturated heterocycles. The summed E-state index contributed by atoms with van der Waals surface area (Å²) in [4.78, 5) is 34.3. The van der Waals surface area contributed by atoms with Crippen LogP contribution >= 0.6 is 15.9 Å². The van der Waals surface area contributed by atoms with Gasteiger partial charge >= 0.3 is 0 Å². The average Bonchev–Trinajstić information content (AvgIpc) is 2.70. The van der Waals surface area contributed by atoms with E-state index in [2.05, 4.69) is 15.9 Å². The quantitative estimate of drug-likeness (QED) is 0.604. The van der Waals surface area contributed by atoms with Crippen LogP contribution in [0.25, 0.3) is 0 Å². The molecule has 2 heterocycles. The topological polar surface area (TPSA) is 67.6 Å². The van der Waals surface area contributed by atoms with Crippen molar-refractivity contribution in [1.82, 2.24) is 0 Å². The lowest BCUT2D eigenvalue weighted by atomic mass is 10.3. The molecule has 0 saturated carbocycles. The van der Waals surface area contributed by atoms with E-state index in [1.165, 1.54) is 6.07 Å². The van der Waals surface area contributed by atoms with Crippen LogP contribution in [0.4, 0.5) is 5.88 Å². The lowest BCUT2D eigenvalue weighted by molar-refractivity contribution is -0.121. The van der Waals surface area contributed by atoms with Gasteiger partial charge in [0.15, 0.2) is 11.0 Å². The highest BCUT2D eigenvalue weighted by atomic mass is 79.9. The average molecular weight is 272 g/mol. The van der Waals surface area contributed by atoms with Crippen LogP contribution in [-0.2, 0) is 9.59 Å². The predicted molar refractivity (Wildman–Crippen MR) is 53.5 cm³/mol. The summed E-state index contributed by atoms with van der Waals surface area (Å²) in [7, 11) is 0. The van der Waals surface area contributed by atoms with E-state index in [1.807, 2.05) is 0 Å². The molecule has 2 amide bonds. The van der Waals surface area contributed by atoms with Gasteiger partial charge in [-0.25, -0.2) is 4.90 Å². The van der Waals surface area contributed by atoms with Crippen molar-refractivity contribution >= 4 is 39.9 Å². The molecule has 1 aromatic heterocycles. The summed E-state index contributed by atoms with van der Waals surface area (Å²) < 4.78 is 5.41. The Balaban J connectivity index is 2.48. The van der Waals surface area contributed by atoms with Gasteiger partial charge < -0.3 is 4.42 Å². The van der Waals surface area contributed by atoms with E-state index in [1.54, 1.807) is 0 Å². The Kier molecular flexibility index (Phi) is 2.44. The molecule has 6 heteroatoms. The number of imide groups is 1. The minimum atomic E-state index is -0.343. The van der Waals surface area contributed by atoms with Gasteiger partial charge in [0, 0.05) is 18.9 Å². The zero-order valence-corrected chi connectivity index (χ0v) is 9.11. The molecule has 1 aromatic rings. The molecule has 1 aliphatic heterocycles. The lowest BCUT2D eigenvalue weighted by Crippen LogP contribution is -2.28. The zero-order valence-electron chi connectivity index (χ0n) is 7.53. The van der Waals surface area contributed by atoms with Gasteiger partial charge in [-0.3, -0.25) is 14.4 Å². The van der Waals surface area contributed by atoms with Gasteiger partial charge in [0.2, 0.25) is 17.7 Å². The van der Waals surface area contributed by atoms with Gasteiger partial charge in [0.1, 0.15) is 0 Å². The molecule has 0 atom stereocenters. The molecule has 0 bridgehead atoms. The second kappa shape index (κ2) is 3.62. The van der Waals surface area contributed by atoms with Gasteiger partial charge in [-0.05, 0) is 15.9 Å². The Morgan fingerprint density at radius 2 is 1.93 bits per heavy atom. The smallest absolute Gasteiger partial charge is 0.236 e. The number of halogens is 1. The van der Waals surface area contributed by atoms with Crippen molar-refractivity contribution < 1.29 is 18.8 Å². The van der Waals surface area contributed by atoms with Gasteiger partial charge in [0.05, 0.1) is 5.56 Å². The number of anilines is 1. The number of aldehydes is 1. The van der Waals surface area contributed by atoms with Gasteiger partial charge in [0.25, 0.3) is 0 Å². The van der Waals surface area contributed by atoms with Crippen LogP contribution in [0.1, 0.15) is 23.2 Å². The second-order valence-electron chi connectivity index (χ2n) is 3.05. The van der Waals surface area contributed by atoms with E-state index in [4.69, 9.17) is 4.42 Å². The fraction of sp³-hybridized carbons (Fsp3) is 0.222. The van der Waals surface area contributed by atoms with Crippen molar-refractivity contribution in [3.8, 4) is 0 Å². The summed E-state index contributed by atoms with van der Waals surface area (Å²) in [6.45, 7) is 0. The van der Waals surface area contributed by atoms with Crippen molar-refractivity contribution in [3.63, 3.8) is 0 Å². The number of furan rings is 1. The molecule has 0 spiro atoms. The molecule has 0 aliphatic carbocycles. The first-order valence-corrected chi connectivity index (χ1v) is 5.03. The van der Waals surface area contributed by atoms with Crippen LogP contribution < -0.4 is 4.90 Å². The minimum Gasteiger partial charge on any atom is -0.432 e. The number of carbonyl (C=O) groups is 3. The van der Waals surface area contributed by atoms with E-state index < -0.39 is 0 Å². The molecule has 1 fully saturated rings. The zero-order chi connectivity index (χ0) is 11.0. The normalized spacial score (nSPS) is 16.2. The van der Waals surface area contributed by atoms with E-state index in [9.17, 15) is 14.4 Å². The monoisotopic (exact) mass is 271 g/mol. The molecule has 0 N–H and O–H groups in total. The first-order chi connectivity index (χ1) is 7.13. The highest BCUT2D eigenvalue weighted by Crippen LogP contribution is 2.30. The summed E-state index contributed by atoms with van der Waals surface area (Å²) in [5, 5.41) is 0. The highest BCUT2D eigenvalue weighted by molar-refractivity contribution is 9.10. The highest BCUT2D eigenvalue weighted by Gasteiger charge is 2.34. The summed E-state index contributed by atoms with van der Waals surface area (Å²) >= 11 is 3.04. The molecule has 0 unspecified atom stereocenters. The van der Waals surface area contributed by atoms with Crippen molar-refractivity contribution in [2.75, 3.05) is 4.90 Å². The molecular formula is C9H6BrNO4. The van der Waals surface area contributed by atoms with Crippen LogP contribution in [0.15, 0.2) is 15.2 Å². The van der Waals surface area contributed by atoms with Gasteiger partial charge in [-0.1, -0.05) is 0 Å². The number of nitrogens with zero attached hydrogens (tertiary/aromatic N) is 1. The second-order valence-corrected chi connectivity index (χ2v) is 3.83. The van der Waals surface area contributed by atoms with Crippen LogP contribution in [0.2, 0.25) is 0 Å². The van der Waals surface area contributed by atoms with Crippen LogP contribution in [0.5, 0.6) is 0 Å². The summed E-state index contributed by atoms with van der Waals surface area (Å²) in [5.74, 6) is -0.681. The molecule has 0 aromatic carbocycles. The molecular weight excluding hydrogens is 266 g/mol. The Morgan fingerprint density at radius 1 is 1.33 bits per heavy atom. The Morgan fingerprint density at radius 3 is 2.47 bits per heavy atom. The van der Waals surface area contributed by atoms with Gasteiger partial charge in [-0.15, -0.1) is 0 Å². The van der Waals surface area contributed by atoms with Crippen molar-refractivity contribution in [2.24, 2.45) is 0 Å². The molecule has 0 radical (unpaired) electrons. The maximum atomic E-state index is 11.4. The number of hydrogen-bond donors (Lipinski definition) is 0. The van der Waals surface area contributed by atoms with E-state index in [0.717, 1.165) is 4.90 Å². The summed E-state index contributed by atoms with van der Waals surface area (Å²) in [5.41, 5.74) is 0.186. The first-order valence-electron chi connectivity index (χ1n) is 4.24. The lowest BCUT2D eigenvalue weighted by Gasteiger charge is -2.09. The summed E-state index contributed by atoms with van der Waals surface area (Å²) in [6.07, 6.45) is 0.868. The number of amides is 2. The molecule has 2 rings (SSSR count). The molecule has 1 aliphatic rings. The van der Waals surface area contributed by atoms with Crippen molar-refractivity contribution in [3.05, 3.63) is 16.3 Å². The molecule has 15 heavy (non-hydrogen) atoms. The van der Waals surface area contributed by atoms with E-state index in [-0.39, 0.29) is 36.1 Å². The van der Waals surface area contributed by atoms with E-state index in [0.29, 0.717) is 11.0 Å². The third-order valence-corrected chi connectivity index (χ3v) is 2.48. The maximum Gasteiger partial charge on any atom is 0.236 e. The third-order valence-electron chi connectivity index (χ3n) is 2.09. The molecule has 78 valence electrons.